The van der Waals surface area contributed by atoms with Crippen LogP contribution in [0.1, 0.15) is 29.8 Å². The number of rotatable bonds is 4. The molecule has 88 valence electrons. The number of aromatic carboxylic acids is 1. The molecule has 0 saturated heterocycles. The van der Waals surface area contributed by atoms with Crippen LogP contribution in [0.25, 0.3) is 0 Å². The largest absolute Gasteiger partial charge is 0.477 e. The SMILES string of the molecule is COC1(Cn2cc(I)cc2C(=O)O)CCC1. The summed E-state index contributed by atoms with van der Waals surface area (Å²) in [5.74, 6) is -0.881. The third-order valence-electron chi connectivity index (χ3n) is 3.24. The third-order valence-corrected chi connectivity index (χ3v) is 3.83. The number of carboxylic acids is 1. The highest BCUT2D eigenvalue weighted by Gasteiger charge is 2.38. The van der Waals surface area contributed by atoms with Crippen LogP contribution in [-0.2, 0) is 11.3 Å². The standard InChI is InChI=1S/C11H14INO3/c1-16-11(3-2-4-11)7-13-6-8(12)5-9(13)10(14)15/h5-6H,2-4,7H2,1H3,(H,14,15). The van der Waals surface area contributed by atoms with E-state index in [2.05, 4.69) is 22.6 Å². The summed E-state index contributed by atoms with van der Waals surface area (Å²) < 4.78 is 8.23. The number of aromatic nitrogens is 1. The lowest BCUT2D eigenvalue weighted by molar-refractivity contribution is -0.0837. The molecule has 0 aromatic carbocycles. The normalized spacial score (nSPS) is 18.1. The van der Waals surface area contributed by atoms with Gasteiger partial charge < -0.3 is 14.4 Å². The van der Waals surface area contributed by atoms with Crippen LogP contribution in [0.5, 0.6) is 0 Å². The first kappa shape index (κ1) is 11.9. The molecule has 0 amide bonds. The molecule has 0 aliphatic heterocycles. The number of carboxylic acid groups (broad SMARTS) is 1. The Morgan fingerprint density at radius 1 is 1.69 bits per heavy atom. The Morgan fingerprint density at radius 3 is 2.81 bits per heavy atom. The van der Waals surface area contributed by atoms with Gasteiger partial charge in [-0.1, -0.05) is 0 Å². The maximum Gasteiger partial charge on any atom is 0.352 e. The van der Waals surface area contributed by atoms with Gasteiger partial charge in [0, 0.05) is 16.9 Å². The van der Waals surface area contributed by atoms with E-state index in [9.17, 15) is 4.79 Å². The Morgan fingerprint density at radius 2 is 2.38 bits per heavy atom. The van der Waals surface area contributed by atoms with E-state index in [1.165, 1.54) is 0 Å². The molecule has 1 aliphatic rings. The van der Waals surface area contributed by atoms with Crippen molar-refractivity contribution in [2.75, 3.05) is 7.11 Å². The van der Waals surface area contributed by atoms with Crippen LogP contribution < -0.4 is 0 Å². The predicted octanol–water partition coefficient (Wildman–Crippen LogP) is 2.36. The molecule has 1 N–H and O–H groups in total. The minimum Gasteiger partial charge on any atom is -0.477 e. The number of nitrogens with zero attached hydrogens (tertiary/aromatic N) is 1. The van der Waals surface area contributed by atoms with Crippen LogP contribution in [0.2, 0.25) is 0 Å². The second kappa shape index (κ2) is 4.37. The van der Waals surface area contributed by atoms with E-state index in [1.54, 1.807) is 17.7 Å². The predicted molar refractivity (Wildman–Crippen MR) is 67.7 cm³/mol. The smallest absolute Gasteiger partial charge is 0.352 e. The number of hydrogen-bond acceptors (Lipinski definition) is 2. The van der Waals surface area contributed by atoms with Crippen LogP contribution in [0.4, 0.5) is 0 Å². The van der Waals surface area contributed by atoms with Gasteiger partial charge in [0.25, 0.3) is 0 Å². The van der Waals surface area contributed by atoms with Crippen LogP contribution in [0.15, 0.2) is 12.3 Å². The minimum absolute atomic E-state index is 0.147. The molecule has 2 rings (SSSR count). The Kier molecular flexibility index (Phi) is 3.25. The summed E-state index contributed by atoms with van der Waals surface area (Å²) in [5, 5.41) is 9.07. The van der Waals surface area contributed by atoms with E-state index >= 15 is 0 Å². The summed E-state index contributed by atoms with van der Waals surface area (Å²) in [6.45, 7) is 0.633. The molecule has 0 unspecified atom stereocenters. The first-order chi connectivity index (χ1) is 7.56. The lowest BCUT2D eigenvalue weighted by atomic mass is 9.80. The van der Waals surface area contributed by atoms with Crippen molar-refractivity contribution in [3.05, 3.63) is 21.5 Å². The van der Waals surface area contributed by atoms with Gasteiger partial charge in [0.1, 0.15) is 5.69 Å². The van der Waals surface area contributed by atoms with Gasteiger partial charge in [-0.15, -0.1) is 0 Å². The van der Waals surface area contributed by atoms with E-state index in [-0.39, 0.29) is 5.60 Å². The van der Waals surface area contributed by atoms with Gasteiger partial charge in [0.2, 0.25) is 0 Å². The lowest BCUT2D eigenvalue weighted by Gasteiger charge is -2.40. The maximum absolute atomic E-state index is 11.1. The van der Waals surface area contributed by atoms with Crippen LogP contribution >= 0.6 is 22.6 Å². The van der Waals surface area contributed by atoms with Gasteiger partial charge in [0.05, 0.1) is 12.1 Å². The molecule has 0 spiro atoms. The summed E-state index contributed by atoms with van der Waals surface area (Å²) in [4.78, 5) is 11.1. The molecule has 0 bridgehead atoms. The molecule has 1 saturated carbocycles. The van der Waals surface area contributed by atoms with Crippen molar-refractivity contribution in [1.29, 1.82) is 0 Å². The third kappa shape index (κ3) is 2.10. The number of ether oxygens (including phenoxy) is 1. The molecule has 1 aliphatic carbocycles. The molecular formula is C11H14INO3. The average Bonchev–Trinajstić information content (AvgIpc) is 2.53. The lowest BCUT2D eigenvalue weighted by Crippen LogP contribution is -2.43. The zero-order valence-electron chi connectivity index (χ0n) is 9.07. The monoisotopic (exact) mass is 335 g/mol. The molecule has 1 fully saturated rings. The molecule has 1 aromatic heterocycles. The summed E-state index contributed by atoms with van der Waals surface area (Å²) >= 11 is 2.13. The summed E-state index contributed by atoms with van der Waals surface area (Å²) in [6.07, 6.45) is 5.05. The molecule has 0 atom stereocenters. The quantitative estimate of drug-likeness (QED) is 0.860. The highest BCUT2D eigenvalue weighted by atomic mass is 127. The number of hydrogen-bond donors (Lipinski definition) is 1. The first-order valence-electron chi connectivity index (χ1n) is 5.20. The van der Waals surface area contributed by atoms with Crippen LogP contribution in [-0.4, -0.2) is 28.4 Å². The van der Waals surface area contributed by atoms with E-state index in [4.69, 9.17) is 9.84 Å². The molecule has 5 heteroatoms. The van der Waals surface area contributed by atoms with E-state index in [1.807, 2.05) is 6.20 Å². The fraction of sp³-hybridized carbons (Fsp3) is 0.545. The highest BCUT2D eigenvalue weighted by molar-refractivity contribution is 14.1. The molecule has 16 heavy (non-hydrogen) atoms. The van der Waals surface area contributed by atoms with E-state index in [0.717, 1.165) is 22.8 Å². The number of methoxy groups -OCH3 is 1. The van der Waals surface area contributed by atoms with Crippen LogP contribution in [0.3, 0.4) is 0 Å². The topological polar surface area (TPSA) is 51.5 Å². The zero-order chi connectivity index (χ0) is 11.8. The van der Waals surface area contributed by atoms with Gasteiger partial charge in [-0.3, -0.25) is 0 Å². The number of carbonyl (C=O) groups is 1. The number of halogens is 1. The second-order valence-corrected chi connectivity index (χ2v) is 5.46. The van der Waals surface area contributed by atoms with E-state index in [0.29, 0.717) is 12.2 Å². The van der Waals surface area contributed by atoms with Crippen molar-refractivity contribution in [1.82, 2.24) is 4.57 Å². The Labute approximate surface area is 108 Å². The Bertz CT molecular complexity index is 404. The first-order valence-corrected chi connectivity index (χ1v) is 6.28. The Balaban J connectivity index is 2.23. The van der Waals surface area contributed by atoms with Crippen molar-refractivity contribution < 1.29 is 14.6 Å². The van der Waals surface area contributed by atoms with Crippen molar-refractivity contribution >= 4 is 28.6 Å². The molecule has 4 nitrogen and oxygen atoms in total. The van der Waals surface area contributed by atoms with Gasteiger partial charge in [-0.25, -0.2) is 4.79 Å². The van der Waals surface area contributed by atoms with E-state index < -0.39 is 5.97 Å². The molecular weight excluding hydrogens is 321 g/mol. The summed E-state index contributed by atoms with van der Waals surface area (Å²) in [7, 11) is 1.70. The van der Waals surface area contributed by atoms with Crippen molar-refractivity contribution in [2.45, 2.75) is 31.4 Å². The molecule has 0 radical (unpaired) electrons. The van der Waals surface area contributed by atoms with Gasteiger partial charge in [-0.05, 0) is 47.9 Å². The van der Waals surface area contributed by atoms with Crippen molar-refractivity contribution in [3.8, 4) is 0 Å². The maximum atomic E-state index is 11.1. The fourth-order valence-corrected chi connectivity index (χ4v) is 2.72. The summed E-state index contributed by atoms with van der Waals surface area (Å²) in [6, 6.07) is 1.69. The highest BCUT2D eigenvalue weighted by Crippen LogP contribution is 2.37. The molecule has 1 aromatic rings. The second-order valence-electron chi connectivity index (χ2n) is 4.22. The van der Waals surface area contributed by atoms with Crippen molar-refractivity contribution in [3.63, 3.8) is 0 Å². The fourth-order valence-electron chi connectivity index (χ4n) is 2.09. The summed E-state index contributed by atoms with van der Waals surface area (Å²) in [5.41, 5.74) is 0.194. The van der Waals surface area contributed by atoms with Gasteiger partial charge >= 0.3 is 5.97 Å². The zero-order valence-corrected chi connectivity index (χ0v) is 11.2. The van der Waals surface area contributed by atoms with Crippen LogP contribution in [0, 0.1) is 3.57 Å². The Hall–Kier alpha value is -0.560. The average molecular weight is 335 g/mol. The minimum atomic E-state index is -0.881. The van der Waals surface area contributed by atoms with Gasteiger partial charge in [0.15, 0.2) is 0 Å². The van der Waals surface area contributed by atoms with Gasteiger partial charge in [-0.2, -0.15) is 0 Å². The molecule has 1 heterocycles. The van der Waals surface area contributed by atoms with Crippen molar-refractivity contribution in [2.24, 2.45) is 0 Å².